The highest BCUT2D eigenvalue weighted by molar-refractivity contribution is 6.38. The topological polar surface area (TPSA) is 28.0 Å². The first-order valence-electron chi connectivity index (χ1n) is 5.40. The smallest absolute Gasteiger partial charge is 0.231 e. The van der Waals surface area contributed by atoms with E-state index in [0.717, 1.165) is 5.56 Å². The molecule has 1 aromatic rings. The number of nitrogens with zero attached hydrogens (tertiary/aromatic N) is 3. The van der Waals surface area contributed by atoms with Gasteiger partial charge in [0.25, 0.3) is 5.84 Å². The number of amidine groups is 1. The molecule has 0 bridgehead atoms. The average molecular weight is 292 g/mol. The van der Waals surface area contributed by atoms with E-state index in [2.05, 4.69) is 10.2 Å². The number of anilines is 1. The van der Waals surface area contributed by atoms with Crippen LogP contribution < -0.4 is 4.42 Å². The van der Waals surface area contributed by atoms with Crippen molar-refractivity contribution in [3.63, 3.8) is 0 Å². The minimum atomic E-state index is -4.69. The predicted molar refractivity (Wildman–Crippen MR) is 71.8 cm³/mol. The number of halogens is 4. The van der Waals surface area contributed by atoms with Gasteiger partial charge in [-0.15, -0.1) is 5.10 Å². The second-order valence-electron chi connectivity index (χ2n) is 4.08. The lowest BCUT2D eigenvalue weighted by atomic mass is 10.2. The van der Waals surface area contributed by atoms with Crippen molar-refractivity contribution in [1.82, 2.24) is 0 Å². The van der Waals surface area contributed by atoms with Gasteiger partial charge in [-0.05, 0) is 32.9 Å². The predicted octanol–water partition coefficient (Wildman–Crippen LogP) is 4.31. The maximum absolute atomic E-state index is 12.9. The number of benzene rings is 1. The van der Waals surface area contributed by atoms with Crippen LogP contribution in [-0.2, 0) is 0 Å². The van der Waals surface area contributed by atoms with E-state index >= 15 is 0 Å². The molecule has 1 aromatic carbocycles. The standard InChI is InChI=1S/C12H13ClF3N3/c1-8(2)17-18-11(12(14,15)16)19(13)10-6-4-9(3)5-7-10/h4-7H,1-3H3/b18-11-. The first kappa shape index (κ1) is 15.5. The number of hydrogen-bond acceptors (Lipinski definition) is 2. The molecule has 0 heterocycles. The van der Waals surface area contributed by atoms with Gasteiger partial charge >= 0.3 is 6.18 Å². The van der Waals surface area contributed by atoms with Crippen LogP contribution in [-0.4, -0.2) is 17.7 Å². The van der Waals surface area contributed by atoms with Gasteiger partial charge in [0.2, 0.25) is 0 Å². The molecule has 0 spiro atoms. The van der Waals surface area contributed by atoms with Crippen molar-refractivity contribution >= 4 is 29.0 Å². The molecule has 0 unspecified atom stereocenters. The van der Waals surface area contributed by atoms with E-state index in [1.807, 2.05) is 6.92 Å². The summed E-state index contributed by atoms with van der Waals surface area (Å²) in [6, 6.07) is 6.28. The molecule has 1 rings (SSSR count). The van der Waals surface area contributed by atoms with E-state index in [9.17, 15) is 13.2 Å². The Morgan fingerprint density at radius 3 is 2.05 bits per heavy atom. The Labute approximate surface area is 114 Å². The summed E-state index contributed by atoms with van der Waals surface area (Å²) in [5.41, 5.74) is 1.49. The van der Waals surface area contributed by atoms with Gasteiger partial charge in [0.1, 0.15) is 0 Å². The second-order valence-corrected chi connectivity index (χ2v) is 4.42. The molecular weight excluding hydrogens is 279 g/mol. The lowest BCUT2D eigenvalue weighted by Gasteiger charge is -2.19. The summed E-state index contributed by atoms with van der Waals surface area (Å²) in [5, 5.41) is 6.58. The molecule has 0 aliphatic rings. The number of alkyl halides is 3. The summed E-state index contributed by atoms with van der Waals surface area (Å²) in [4.78, 5) is 0. The Kier molecular flexibility index (Phi) is 4.94. The summed E-state index contributed by atoms with van der Waals surface area (Å²) in [5.74, 6) is -1.28. The third kappa shape index (κ3) is 4.55. The van der Waals surface area contributed by atoms with E-state index in [4.69, 9.17) is 11.8 Å². The normalized spacial score (nSPS) is 12.3. The van der Waals surface area contributed by atoms with Gasteiger partial charge in [0, 0.05) is 17.5 Å². The van der Waals surface area contributed by atoms with Crippen molar-refractivity contribution in [3.8, 4) is 0 Å². The summed E-state index contributed by atoms with van der Waals surface area (Å²) < 4.78 is 39.0. The summed E-state index contributed by atoms with van der Waals surface area (Å²) in [7, 11) is 0. The molecule has 0 aliphatic carbocycles. The van der Waals surface area contributed by atoms with Gasteiger partial charge in [-0.2, -0.15) is 18.3 Å². The Hall–Kier alpha value is -1.56. The molecule has 104 valence electrons. The van der Waals surface area contributed by atoms with Gasteiger partial charge in [0.05, 0.1) is 5.69 Å². The average Bonchev–Trinajstić information content (AvgIpc) is 2.27. The van der Waals surface area contributed by atoms with Crippen LogP contribution in [0.4, 0.5) is 18.9 Å². The van der Waals surface area contributed by atoms with Crippen LogP contribution in [0.3, 0.4) is 0 Å². The summed E-state index contributed by atoms with van der Waals surface area (Å²) in [6.07, 6.45) is -4.69. The molecule has 0 amide bonds. The molecule has 0 aliphatic heterocycles. The third-order valence-electron chi connectivity index (χ3n) is 2.04. The monoisotopic (exact) mass is 291 g/mol. The molecule has 7 heteroatoms. The van der Waals surface area contributed by atoms with Gasteiger partial charge in [-0.1, -0.05) is 17.7 Å². The molecule has 0 saturated heterocycles. The lowest BCUT2D eigenvalue weighted by Crippen LogP contribution is -2.35. The van der Waals surface area contributed by atoms with Gasteiger partial charge in [-0.25, -0.2) is 4.42 Å². The molecule has 19 heavy (non-hydrogen) atoms. The molecular formula is C12H13ClF3N3. The van der Waals surface area contributed by atoms with E-state index in [-0.39, 0.29) is 5.69 Å². The molecule has 0 fully saturated rings. The van der Waals surface area contributed by atoms with Crippen molar-refractivity contribution in [2.24, 2.45) is 10.2 Å². The molecule has 3 nitrogen and oxygen atoms in total. The molecule has 0 saturated carbocycles. The first-order valence-corrected chi connectivity index (χ1v) is 5.74. The van der Waals surface area contributed by atoms with E-state index in [0.29, 0.717) is 10.1 Å². The van der Waals surface area contributed by atoms with Gasteiger partial charge in [0.15, 0.2) is 0 Å². The van der Waals surface area contributed by atoms with Crippen LogP contribution in [0.1, 0.15) is 19.4 Å². The third-order valence-corrected chi connectivity index (χ3v) is 2.40. The zero-order valence-electron chi connectivity index (χ0n) is 10.7. The van der Waals surface area contributed by atoms with Crippen molar-refractivity contribution in [3.05, 3.63) is 29.8 Å². The Morgan fingerprint density at radius 1 is 1.11 bits per heavy atom. The Morgan fingerprint density at radius 2 is 1.63 bits per heavy atom. The molecule has 0 radical (unpaired) electrons. The number of hydrogen-bond donors (Lipinski definition) is 0. The fourth-order valence-electron chi connectivity index (χ4n) is 1.15. The van der Waals surface area contributed by atoms with Crippen LogP contribution in [0, 0.1) is 6.92 Å². The summed E-state index contributed by atoms with van der Waals surface area (Å²) in [6.45, 7) is 4.91. The molecule has 0 atom stereocenters. The van der Waals surface area contributed by atoms with Crippen LogP contribution in [0.15, 0.2) is 34.5 Å². The highest BCUT2D eigenvalue weighted by Crippen LogP contribution is 2.27. The Bertz CT molecular complexity index is 488. The quantitative estimate of drug-likeness (QED) is 0.345. The van der Waals surface area contributed by atoms with Gasteiger partial charge < -0.3 is 0 Å². The minimum Gasteiger partial charge on any atom is -0.231 e. The SMILES string of the molecule is CC(C)=N/N=C(\N(Cl)c1ccc(C)cc1)C(F)(F)F. The molecule has 0 aromatic heterocycles. The van der Waals surface area contributed by atoms with Crippen molar-refractivity contribution in [2.75, 3.05) is 4.42 Å². The van der Waals surface area contributed by atoms with Crippen molar-refractivity contribution in [1.29, 1.82) is 0 Å². The first-order chi connectivity index (χ1) is 8.71. The highest BCUT2D eigenvalue weighted by Gasteiger charge is 2.40. The Balaban J connectivity index is 3.15. The van der Waals surface area contributed by atoms with E-state index in [1.165, 1.54) is 12.1 Å². The van der Waals surface area contributed by atoms with Gasteiger partial charge in [-0.3, -0.25) is 0 Å². The van der Waals surface area contributed by atoms with E-state index < -0.39 is 12.0 Å². The maximum atomic E-state index is 12.9. The fraction of sp³-hybridized carbons (Fsp3) is 0.333. The molecule has 0 N–H and O–H groups in total. The number of aryl methyl sites for hydroxylation is 1. The van der Waals surface area contributed by atoms with Crippen LogP contribution in [0.2, 0.25) is 0 Å². The minimum absolute atomic E-state index is 0.173. The highest BCUT2D eigenvalue weighted by atomic mass is 35.5. The van der Waals surface area contributed by atoms with Crippen molar-refractivity contribution < 1.29 is 13.2 Å². The van der Waals surface area contributed by atoms with Crippen molar-refractivity contribution in [2.45, 2.75) is 26.9 Å². The van der Waals surface area contributed by atoms with E-state index in [1.54, 1.807) is 26.0 Å². The second kappa shape index (κ2) is 6.06. The lowest BCUT2D eigenvalue weighted by molar-refractivity contribution is -0.0596. The van der Waals surface area contributed by atoms with Crippen LogP contribution in [0.5, 0.6) is 0 Å². The largest absolute Gasteiger partial charge is 0.452 e. The fourth-order valence-corrected chi connectivity index (χ4v) is 1.39. The maximum Gasteiger partial charge on any atom is 0.452 e. The van der Waals surface area contributed by atoms with Crippen LogP contribution in [0.25, 0.3) is 0 Å². The zero-order chi connectivity index (χ0) is 14.6. The van der Waals surface area contributed by atoms with Crippen LogP contribution >= 0.6 is 11.8 Å². The zero-order valence-corrected chi connectivity index (χ0v) is 11.4. The number of rotatable bonds is 2. The summed E-state index contributed by atoms with van der Waals surface area (Å²) >= 11 is 5.71.